The van der Waals surface area contributed by atoms with Gasteiger partial charge in [0.05, 0.1) is 0 Å². The highest BCUT2D eigenvalue weighted by molar-refractivity contribution is 6.30. The molecule has 6 nitrogen and oxygen atoms in total. The molecule has 0 unspecified atom stereocenters. The molecule has 0 N–H and O–H groups in total. The van der Waals surface area contributed by atoms with E-state index in [9.17, 15) is 0 Å². The Morgan fingerprint density at radius 1 is 0.842 bits per heavy atom. The van der Waals surface area contributed by atoms with Gasteiger partial charge in [-0.15, -0.1) is 20.4 Å². The minimum absolute atomic E-state index is 0.687. The Balaban J connectivity index is 2.09. The second kappa shape index (κ2) is 3.76. The van der Waals surface area contributed by atoms with E-state index in [4.69, 9.17) is 11.6 Å². The van der Waals surface area contributed by atoms with E-state index in [1.165, 1.54) is 0 Å². The molecule has 0 aliphatic heterocycles. The highest BCUT2D eigenvalue weighted by atomic mass is 35.5. The van der Waals surface area contributed by atoms with Gasteiger partial charge in [-0.2, -0.15) is 0 Å². The third-order valence-corrected chi connectivity index (χ3v) is 3.17. The van der Waals surface area contributed by atoms with Crippen LogP contribution in [0.5, 0.6) is 0 Å². The summed E-state index contributed by atoms with van der Waals surface area (Å²) in [6.07, 6.45) is 1.63. The predicted octanol–water partition coefficient (Wildman–Crippen LogP) is 2.09. The Labute approximate surface area is 112 Å². The first-order chi connectivity index (χ1) is 9.33. The average molecular weight is 271 g/mol. The first-order valence-corrected chi connectivity index (χ1v) is 6.01. The lowest BCUT2D eigenvalue weighted by molar-refractivity contribution is 0.850. The van der Waals surface area contributed by atoms with Gasteiger partial charge < -0.3 is 0 Å². The van der Waals surface area contributed by atoms with Gasteiger partial charge in [-0.1, -0.05) is 11.6 Å². The number of fused-ring (bicyclic) bond motifs is 3. The molecule has 4 rings (SSSR count). The largest absolute Gasteiger partial charge is 0.213 e. The number of hydrogen-bond acceptors (Lipinski definition) is 4. The van der Waals surface area contributed by atoms with Crippen molar-refractivity contribution in [3.8, 4) is 11.4 Å². The van der Waals surface area contributed by atoms with Gasteiger partial charge in [0.2, 0.25) is 0 Å². The van der Waals surface area contributed by atoms with Crippen LogP contribution in [0.1, 0.15) is 0 Å². The predicted molar refractivity (Wildman–Crippen MR) is 70.0 cm³/mol. The highest BCUT2D eigenvalue weighted by Crippen LogP contribution is 2.20. The van der Waals surface area contributed by atoms with Crippen LogP contribution in [0.15, 0.2) is 42.7 Å². The number of aromatic nitrogens is 6. The summed E-state index contributed by atoms with van der Waals surface area (Å²) in [6.45, 7) is 0. The van der Waals surface area contributed by atoms with Gasteiger partial charge in [0.1, 0.15) is 6.33 Å². The molecule has 3 aromatic heterocycles. The Kier molecular flexibility index (Phi) is 2.07. The molecule has 0 spiro atoms. The molecule has 0 fully saturated rings. The maximum atomic E-state index is 5.90. The van der Waals surface area contributed by atoms with E-state index in [2.05, 4.69) is 20.4 Å². The van der Waals surface area contributed by atoms with Crippen molar-refractivity contribution in [1.82, 2.24) is 29.4 Å². The quantitative estimate of drug-likeness (QED) is 0.531. The Morgan fingerprint density at radius 3 is 2.47 bits per heavy atom. The Morgan fingerprint density at radius 2 is 1.63 bits per heavy atom. The molecule has 3 heterocycles. The van der Waals surface area contributed by atoms with Gasteiger partial charge >= 0.3 is 0 Å². The maximum Gasteiger partial charge on any atom is 0.183 e. The number of benzene rings is 1. The van der Waals surface area contributed by atoms with Crippen LogP contribution in [0.2, 0.25) is 5.02 Å². The van der Waals surface area contributed by atoms with E-state index >= 15 is 0 Å². The second-order valence-electron chi connectivity index (χ2n) is 4.07. The molecule has 1 aromatic carbocycles. The van der Waals surface area contributed by atoms with E-state index in [1.807, 2.05) is 40.9 Å². The third-order valence-electron chi connectivity index (χ3n) is 2.92. The van der Waals surface area contributed by atoms with E-state index in [0.717, 1.165) is 22.7 Å². The summed E-state index contributed by atoms with van der Waals surface area (Å²) in [6, 6.07) is 11.2. The fourth-order valence-corrected chi connectivity index (χ4v) is 2.16. The maximum absolute atomic E-state index is 5.90. The average Bonchev–Trinajstić information content (AvgIpc) is 3.04. The molecular weight excluding hydrogens is 264 g/mol. The molecule has 0 atom stereocenters. The van der Waals surface area contributed by atoms with Crippen LogP contribution in [0, 0.1) is 0 Å². The van der Waals surface area contributed by atoms with Crippen LogP contribution in [0.4, 0.5) is 0 Å². The standard InChI is InChI=1S/C12H7ClN6/c13-9-3-1-8(2-4-9)12-17-16-11-6-5-10-15-14-7-18(10)19(11)12/h1-7H. The summed E-state index contributed by atoms with van der Waals surface area (Å²) in [5.74, 6) is 0.720. The zero-order valence-electron chi connectivity index (χ0n) is 9.60. The van der Waals surface area contributed by atoms with Crippen LogP contribution >= 0.6 is 11.6 Å². The first-order valence-electron chi connectivity index (χ1n) is 5.63. The molecule has 0 bridgehead atoms. The van der Waals surface area contributed by atoms with Crippen molar-refractivity contribution < 1.29 is 0 Å². The zero-order valence-corrected chi connectivity index (χ0v) is 10.4. The number of halogens is 1. The Hall–Kier alpha value is -2.47. The van der Waals surface area contributed by atoms with Crippen molar-refractivity contribution in [2.24, 2.45) is 0 Å². The van der Waals surface area contributed by atoms with Crippen LogP contribution in [-0.4, -0.2) is 29.4 Å². The number of rotatable bonds is 1. The van der Waals surface area contributed by atoms with Crippen LogP contribution in [0.3, 0.4) is 0 Å². The topological polar surface area (TPSA) is 60.4 Å². The van der Waals surface area contributed by atoms with E-state index in [1.54, 1.807) is 10.8 Å². The molecule has 92 valence electrons. The normalized spacial score (nSPS) is 11.4. The molecule has 19 heavy (non-hydrogen) atoms. The van der Waals surface area contributed by atoms with Crippen molar-refractivity contribution in [3.05, 3.63) is 47.7 Å². The highest BCUT2D eigenvalue weighted by Gasteiger charge is 2.11. The number of nitrogens with zero attached hydrogens (tertiary/aromatic N) is 6. The summed E-state index contributed by atoms with van der Waals surface area (Å²) < 4.78 is 3.66. The van der Waals surface area contributed by atoms with Crippen molar-refractivity contribution in [2.75, 3.05) is 0 Å². The monoisotopic (exact) mass is 270 g/mol. The SMILES string of the molecule is Clc1ccc(-c2nnc3ccc4nncn4n23)cc1. The summed E-state index contributed by atoms with van der Waals surface area (Å²) in [5, 5.41) is 17.0. The molecule has 0 radical (unpaired) electrons. The smallest absolute Gasteiger partial charge is 0.183 e. The van der Waals surface area contributed by atoms with Gasteiger partial charge in [0.15, 0.2) is 17.1 Å². The van der Waals surface area contributed by atoms with Crippen molar-refractivity contribution in [3.63, 3.8) is 0 Å². The van der Waals surface area contributed by atoms with Crippen molar-refractivity contribution in [1.29, 1.82) is 0 Å². The molecular formula is C12H7ClN6. The molecule has 0 aliphatic carbocycles. The fourth-order valence-electron chi connectivity index (χ4n) is 2.04. The first kappa shape index (κ1) is 10.5. The molecule has 7 heteroatoms. The minimum atomic E-state index is 0.687. The van der Waals surface area contributed by atoms with E-state index < -0.39 is 0 Å². The fraction of sp³-hybridized carbons (Fsp3) is 0. The van der Waals surface area contributed by atoms with E-state index in [0.29, 0.717) is 5.02 Å². The van der Waals surface area contributed by atoms with Gasteiger partial charge in [-0.3, -0.25) is 0 Å². The van der Waals surface area contributed by atoms with Crippen molar-refractivity contribution >= 4 is 22.9 Å². The molecule has 0 saturated carbocycles. The number of hydrogen-bond donors (Lipinski definition) is 0. The lowest BCUT2D eigenvalue weighted by Crippen LogP contribution is -2.00. The van der Waals surface area contributed by atoms with Gasteiger partial charge in [0, 0.05) is 10.6 Å². The van der Waals surface area contributed by atoms with Gasteiger partial charge in [0.25, 0.3) is 0 Å². The summed E-state index contributed by atoms with van der Waals surface area (Å²) in [4.78, 5) is 0. The molecule has 4 aromatic rings. The molecule has 0 aliphatic rings. The summed E-state index contributed by atoms with van der Waals surface area (Å²) >= 11 is 5.90. The third kappa shape index (κ3) is 1.50. The van der Waals surface area contributed by atoms with Gasteiger partial charge in [-0.05, 0) is 36.4 Å². The second-order valence-corrected chi connectivity index (χ2v) is 4.50. The van der Waals surface area contributed by atoms with Crippen LogP contribution in [0.25, 0.3) is 22.7 Å². The van der Waals surface area contributed by atoms with Crippen LogP contribution in [-0.2, 0) is 0 Å². The van der Waals surface area contributed by atoms with Gasteiger partial charge in [-0.25, -0.2) is 9.03 Å². The lowest BCUT2D eigenvalue weighted by Gasteiger charge is -2.02. The summed E-state index contributed by atoms with van der Waals surface area (Å²) in [5.41, 5.74) is 2.40. The van der Waals surface area contributed by atoms with Crippen LogP contribution < -0.4 is 0 Å². The van der Waals surface area contributed by atoms with E-state index in [-0.39, 0.29) is 0 Å². The molecule has 0 amide bonds. The zero-order chi connectivity index (χ0) is 12.8. The van der Waals surface area contributed by atoms with Crippen molar-refractivity contribution in [2.45, 2.75) is 0 Å². The lowest BCUT2D eigenvalue weighted by atomic mass is 10.2. The molecule has 0 saturated heterocycles. The minimum Gasteiger partial charge on any atom is -0.213 e. The summed E-state index contributed by atoms with van der Waals surface area (Å²) in [7, 11) is 0. The Bertz CT molecular complexity index is 876.